The summed E-state index contributed by atoms with van der Waals surface area (Å²) in [5, 5.41) is 9.76. The molecule has 39 heavy (non-hydrogen) atoms. The first-order valence-corrected chi connectivity index (χ1v) is 14.9. The number of hydrogen-bond acceptors (Lipinski definition) is 10. The number of nitrogens with zero attached hydrogens (tertiary/aromatic N) is 3. The lowest BCUT2D eigenvalue weighted by Crippen LogP contribution is -2.47. The predicted octanol–water partition coefficient (Wildman–Crippen LogP) is 2.41. The Balaban J connectivity index is 0.000000391. The number of hydrogen-bond donors (Lipinski definition) is 5. The Kier molecular flexibility index (Phi) is 15.6. The van der Waals surface area contributed by atoms with Crippen LogP contribution in [0.3, 0.4) is 0 Å². The molecule has 226 valence electrons. The van der Waals surface area contributed by atoms with Crippen molar-refractivity contribution in [3.05, 3.63) is 0 Å². The molecule has 0 aromatic carbocycles. The Hall–Kier alpha value is -2.20. The van der Waals surface area contributed by atoms with E-state index >= 15 is 0 Å². The van der Waals surface area contributed by atoms with Crippen LogP contribution in [0.5, 0.6) is 0 Å². The highest BCUT2D eigenvalue weighted by atomic mass is 16.1. The third-order valence-electron chi connectivity index (χ3n) is 7.47. The lowest BCUT2D eigenvalue weighted by atomic mass is 9.93. The number of aliphatic imine (C=N–C) groups is 2. The SMILES string of the molecule is CC(C)C(=O)[C@H](CCC1CCN=C(N)N1)N(C)C(C)C.CC(C)N[C@@H](CCC1CCN=C(N)N1)C(=O)C(C)C. The van der Waals surface area contributed by atoms with E-state index in [2.05, 4.69) is 58.5 Å². The van der Waals surface area contributed by atoms with Crippen LogP contribution in [0.4, 0.5) is 0 Å². The fourth-order valence-electron chi connectivity index (χ4n) is 4.90. The van der Waals surface area contributed by atoms with Gasteiger partial charge in [-0.25, -0.2) is 0 Å². The van der Waals surface area contributed by atoms with Crippen LogP contribution in [-0.4, -0.2) is 84.8 Å². The number of nitrogens with one attached hydrogen (secondary N) is 3. The van der Waals surface area contributed by atoms with Gasteiger partial charge in [-0.3, -0.25) is 24.5 Å². The van der Waals surface area contributed by atoms with Gasteiger partial charge in [0.15, 0.2) is 23.5 Å². The molecule has 0 aromatic heterocycles. The van der Waals surface area contributed by atoms with Crippen LogP contribution in [0.2, 0.25) is 0 Å². The number of carbonyl (C=O) groups excluding carboxylic acids is 2. The van der Waals surface area contributed by atoms with E-state index < -0.39 is 0 Å². The Morgan fingerprint density at radius 1 is 0.846 bits per heavy atom. The van der Waals surface area contributed by atoms with Crippen molar-refractivity contribution in [1.29, 1.82) is 0 Å². The van der Waals surface area contributed by atoms with E-state index in [1.54, 1.807) is 0 Å². The summed E-state index contributed by atoms with van der Waals surface area (Å²) in [6.07, 6.45) is 5.60. The zero-order valence-corrected chi connectivity index (χ0v) is 26.1. The van der Waals surface area contributed by atoms with Crippen molar-refractivity contribution in [1.82, 2.24) is 20.9 Å². The first kappa shape index (κ1) is 34.8. The molecule has 2 rings (SSSR count). The number of carbonyl (C=O) groups is 2. The molecule has 2 heterocycles. The van der Waals surface area contributed by atoms with E-state index in [1.165, 1.54) is 0 Å². The number of nitrogens with two attached hydrogens (primary N) is 2. The summed E-state index contributed by atoms with van der Waals surface area (Å²) >= 11 is 0. The molecule has 0 spiro atoms. The van der Waals surface area contributed by atoms with Crippen LogP contribution in [-0.2, 0) is 9.59 Å². The molecule has 0 aliphatic carbocycles. The quantitative estimate of drug-likeness (QED) is 0.221. The molecule has 10 heteroatoms. The molecule has 0 bridgehead atoms. The molecule has 2 aliphatic rings. The third-order valence-corrected chi connectivity index (χ3v) is 7.47. The van der Waals surface area contributed by atoms with Gasteiger partial charge < -0.3 is 27.4 Å². The molecule has 0 radical (unpaired) electrons. The molecular formula is C29H58N8O2. The molecule has 4 atom stereocenters. The fourth-order valence-corrected chi connectivity index (χ4v) is 4.90. The number of ketones is 2. The van der Waals surface area contributed by atoms with E-state index in [-0.39, 0.29) is 23.9 Å². The van der Waals surface area contributed by atoms with Crippen LogP contribution in [0.25, 0.3) is 0 Å². The molecule has 2 aliphatic heterocycles. The molecule has 0 aromatic rings. The zero-order valence-electron chi connectivity index (χ0n) is 26.1. The number of Topliss-reactive ketones (excluding diaryl/α,β-unsaturated/α-hetero) is 2. The smallest absolute Gasteiger partial charge is 0.188 e. The monoisotopic (exact) mass is 550 g/mol. The molecular weight excluding hydrogens is 492 g/mol. The molecule has 0 fully saturated rings. The van der Waals surface area contributed by atoms with E-state index in [0.717, 1.165) is 51.6 Å². The van der Waals surface area contributed by atoms with E-state index in [4.69, 9.17) is 11.5 Å². The van der Waals surface area contributed by atoms with Gasteiger partial charge in [-0.15, -0.1) is 0 Å². The largest absolute Gasteiger partial charge is 0.370 e. The Labute approximate surface area is 237 Å². The van der Waals surface area contributed by atoms with E-state index in [9.17, 15) is 9.59 Å². The minimum atomic E-state index is -0.0538. The topological polar surface area (TPSA) is 150 Å². The fraction of sp³-hybridized carbons (Fsp3) is 0.862. The third kappa shape index (κ3) is 13.1. The van der Waals surface area contributed by atoms with Gasteiger partial charge in [-0.1, -0.05) is 41.5 Å². The molecule has 10 nitrogen and oxygen atoms in total. The second-order valence-electron chi connectivity index (χ2n) is 12.2. The van der Waals surface area contributed by atoms with Crippen molar-refractivity contribution in [2.45, 2.75) is 130 Å². The normalized spacial score (nSPS) is 21.1. The van der Waals surface area contributed by atoms with Crippen LogP contribution in [0, 0.1) is 11.8 Å². The first-order valence-electron chi connectivity index (χ1n) is 14.9. The lowest BCUT2D eigenvalue weighted by Gasteiger charge is -2.33. The van der Waals surface area contributed by atoms with Crippen molar-refractivity contribution in [2.75, 3.05) is 20.1 Å². The summed E-state index contributed by atoms with van der Waals surface area (Å²) in [5.41, 5.74) is 11.4. The highest BCUT2D eigenvalue weighted by molar-refractivity contribution is 5.86. The number of guanidine groups is 2. The summed E-state index contributed by atoms with van der Waals surface area (Å²) in [6, 6.07) is 1.32. The second kappa shape index (κ2) is 17.5. The summed E-state index contributed by atoms with van der Waals surface area (Å²) in [6.45, 7) is 17.8. The van der Waals surface area contributed by atoms with E-state index in [0.29, 0.717) is 47.7 Å². The Bertz CT molecular complexity index is 809. The molecule has 0 saturated carbocycles. The maximum absolute atomic E-state index is 12.4. The maximum Gasteiger partial charge on any atom is 0.188 e. The summed E-state index contributed by atoms with van der Waals surface area (Å²) in [5.74, 6) is 1.84. The van der Waals surface area contributed by atoms with Crippen molar-refractivity contribution in [3.63, 3.8) is 0 Å². The van der Waals surface area contributed by atoms with Gasteiger partial charge in [0, 0.05) is 49.1 Å². The Morgan fingerprint density at radius 2 is 1.31 bits per heavy atom. The van der Waals surface area contributed by atoms with Crippen molar-refractivity contribution >= 4 is 23.5 Å². The molecule has 0 saturated heterocycles. The minimum Gasteiger partial charge on any atom is -0.370 e. The van der Waals surface area contributed by atoms with Crippen molar-refractivity contribution < 1.29 is 9.59 Å². The second-order valence-corrected chi connectivity index (χ2v) is 12.2. The average molecular weight is 551 g/mol. The van der Waals surface area contributed by atoms with Gasteiger partial charge in [-0.05, 0) is 59.4 Å². The Morgan fingerprint density at radius 3 is 1.69 bits per heavy atom. The van der Waals surface area contributed by atoms with E-state index in [1.807, 2.05) is 34.7 Å². The van der Waals surface area contributed by atoms with Gasteiger partial charge in [0.2, 0.25) is 0 Å². The predicted molar refractivity (Wildman–Crippen MR) is 163 cm³/mol. The van der Waals surface area contributed by atoms with Gasteiger partial charge in [0.05, 0.1) is 12.1 Å². The molecule has 0 amide bonds. The van der Waals surface area contributed by atoms with Gasteiger partial charge in [0.25, 0.3) is 0 Å². The highest BCUT2D eigenvalue weighted by Gasteiger charge is 2.28. The minimum absolute atomic E-state index is 0.00288. The van der Waals surface area contributed by atoms with Gasteiger partial charge >= 0.3 is 0 Å². The van der Waals surface area contributed by atoms with Gasteiger partial charge in [-0.2, -0.15) is 0 Å². The lowest BCUT2D eigenvalue weighted by molar-refractivity contribution is -0.127. The zero-order chi connectivity index (χ0) is 29.7. The average Bonchev–Trinajstić information content (AvgIpc) is 2.86. The number of likely N-dealkylation sites (N-methyl/N-ethyl adjacent to an activating group) is 1. The highest BCUT2D eigenvalue weighted by Crippen LogP contribution is 2.17. The standard InChI is InChI=1S/C15H30N4O.C14H28N4O/c1-10(2)14(20)13(19(5)11(3)4)7-6-12-8-9-17-15(16)18-12;1-9(2)13(19)12(17-10(3)4)6-5-11-7-8-16-14(15)18-11/h10-13H,6-9H2,1-5H3,(H3,16,17,18);9-12,17H,5-8H2,1-4H3,(H3,15,16,18)/t12?,13-;11?,12-/m00/s1. The number of rotatable bonds is 14. The van der Waals surface area contributed by atoms with Crippen LogP contribution in [0.15, 0.2) is 9.98 Å². The maximum atomic E-state index is 12.4. The molecule has 7 N–H and O–H groups in total. The van der Waals surface area contributed by atoms with Gasteiger partial charge in [0.1, 0.15) is 0 Å². The van der Waals surface area contributed by atoms with Crippen LogP contribution in [0.1, 0.15) is 93.9 Å². The summed E-state index contributed by atoms with van der Waals surface area (Å²) in [4.78, 5) is 35.0. The first-order chi connectivity index (χ1) is 18.2. The van der Waals surface area contributed by atoms with Crippen LogP contribution < -0.4 is 27.4 Å². The van der Waals surface area contributed by atoms with Crippen molar-refractivity contribution in [2.24, 2.45) is 33.3 Å². The molecule has 2 unspecified atom stereocenters. The van der Waals surface area contributed by atoms with Crippen LogP contribution >= 0.6 is 0 Å². The summed E-state index contributed by atoms with van der Waals surface area (Å²) < 4.78 is 0. The summed E-state index contributed by atoms with van der Waals surface area (Å²) in [7, 11) is 2.04. The van der Waals surface area contributed by atoms with Crippen molar-refractivity contribution in [3.8, 4) is 0 Å².